The van der Waals surface area contributed by atoms with Crippen molar-refractivity contribution in [3.8, 4) is 0 Å². The maximum atomic E-state index is 13.3. The van der Waals surface area contributed by atoms with Gasteiger partial charge in [-0.2, -0.15) is 0 Å². The van der Waals surface area contributed by atoms with E-state index in [4.69, 9.17) is 0 Å². The first kappa shape index (κ1) is 15.2. The number of nitro groups is 1. The second-order valence-electron chi connectivity index (χ2n) is 4.83. The van der Waals surface area contributed by atoms with Crippen LogP contribution in [0.3, 0.4) is 0 Å². The summed E-state index contributed by atoms with van der Waals surface area (Å²) in [6.07, 6.45) is 2.88. The van der Waals surface area contributed by atoms with Crippen LogP contribution < -0.4 is 5.32 Å². The molecule has 0 bridgehead atoms. The highest BCUT2D eigenvalue weighted by Crippen LogP contribution is 2.21. The van der Waals surface area contributed by atoms with Crippen molar-refractivity contribution in [1.82, 2.24) is 9.88 Å². The van der Waals surface area contributed by atoms with Crippen LogP contribution >= 0.6 is 0 Å². The van der Waals surface area contributed by atoms with Gasteiger partial charge in [0.25, 0.3) is 5.69 Å². The van der Waals surface area contributed by atoms with Gasteiger partial charge in [0.05, 0.1) is 17.0 Å². The summed E-state index contributed by atoms with van der Waals surface area (Å²) in [5.41, 5.74) is 1.33. The Morgan fingerprint density at radius 1 is 1.38 bits per heavy atom. The molecule has 1 aromatic carbocycles. The van der Waals surface area contributed by atoms with Crippen LogP contribution in [0.2, 0.25) is 0 Å². The normalized spacial score (nSPS) is 10.8. The minimum atomic E-state index is -0.479. The largest absolute Gasteiger partial charge is 0.346 e. The summed E-state index contributed by atoms with van der Waals surface area (Å²) in [7, 11) is 0. The molecule has 0 aliphatic heterocycles. The summed E-state index contributed by atoms with van der Waals surface area (Å²) >= 11 is 0. The number of hydrogen-bond acceptors (Lipinski definition) is 3. The van der Waals surface area contributed by atoms with Crippen molar-refractivity contribution in [2.45, 2.75) is 26.4 Å². The number of benzene rings is 1. The minimum Gasteiger partial charge on any atom is -0.346 e. The third-order valence-electron chi connectivity index (χ3n) is 3.24. The molecule has 0 aliphatic rings. The number of rotatable bonds is 7. The van der Waals surface area contributed by atoms with Gasteiger partial charge in [0, 0.05) is 24.5 Å². The molecule has 5 nitrogen and oxygen atoms in total. The topological polar surface area (TPSA) is 60.1 Å². The predicted octanol–water partition coefficient (Wildman–Crippen LogP) is 3.08. The maximum Gasteiger partial charge on any atom is 0.274 e. The van der Waals surface area contributed by atoms with Gasteiger partial charge in [0.15, 0.2) is 0 Å². The number of nitro benzene ring substituents is 1. The van der Waals surface area contributed by atoms with Gasteiger partial charge in [-0.05, 0) is 37.2 Å². The van der Waals surface area contributed by atoms with Gasteiger partial charge in [0.1, 0.15) is 5.82 Å². The molecule has 0 fully saturated rings. The third kappa shape index (κ3) is 3.88. The summed E-state index contributed by atoms with van der Waals surface area (Å²) < 4.78 is 15.2. The molecule has 0 atom stereocenters. The summed E-state index contributed by atoms with van der Waals surface area (Å²) in [5, 5.41) is 14.3. The molecular formula is C15H18FN3O2. The Balaban J connectivity index is 2.20. The molecule has 1 aromatic heterocycles. The number of aromatic nitrogens is 1. The van der Waals surface area contributed by atoms with E-state index in [-0.39, 0.29) is 12.2 Å². The first-order valence-electron chi connectivity index (χ1n) is 6.89. The van der Waals surface area contributed by atoms with Crippen molar-refractivity contribution < 1.29 is 9.31 Å². The Morgan fingerprint density at radius 3 is 2.90 bits per heavy atom. The van der Waals surface area contributed by atoms with Crippen LogP contribution in [0, 0.1) is 15.9 Å². The highest BCUT2D eigenvalue weighted by molar-refractivity contribution is 5.40. The lowest BCUT2D eigenvalue weighted by Crippen LogP contribution is -2.17. The summed E-state index contributed by atoms with van der Waals surface area (Å²) in [6, 6.07) is 7.38. The lowest BCUT2D eigenvalue weighted by Gasteiger charge is -2.10. The molecule has 0 aliphatic carbocycles. The molecule has 1 heterocycles. The molecule has 21 heavy (non-hydrogen) atoms. The van der Waals surface area contributed by atoms with Crippen LogP contribution in [0.4, 0.5) is 10.1 Å². The van der Waals surface area contributed by atoms with Crippen molar-refractivity contribution in [3.63, 3.8) is 0 Å². The second kappa shape index (κ2) is 6.99. The fourth-order valence-corrected chi connectivity index (χ4v) is 2.20. The Labute approximate surface area is 122 Å². The number of nitrogens with one attached hydrogen (secondary N) is 1. The van der Waals surface area contributed by atoms with Gasteiger partial charge in [-0.25, -0.2) is 4.39 Å². The predicted molar refractivity (Wildman–Crippen MR) is 78.6 cm³/mol. The molecule has 0 unspecified atom stereocenters. The lowest BCUT2D eigenvalue weighted by molar-refractivity contribution is -0.385. The van der Waals surface area contributed by atoms with E-state index in [9.17, 15) is 14.5 Å². The van der Waals surface area contributed by atoms with E-state index in [1.165, 1.54) is 12.1 Å². The molecule has 0 radical (unpaired) electrons. The molecular weight excluding hydrogens is 273 g/mol. The van der Waals surface area contributed by atoms with Gasteiger partial charge < -0.3 is 9.88 Å². The Kier molecular flexibility index (Phi) is 5.05. The standard InChI is InChI=1S/C15H18FN3O2/c1-2-7-17-10-14-4-3-8-18(14)11-12-9-13(16)5-6-15(12)19(20)21/h3-6,8-9,17H,2,7,10-11H2,1H3. The smallest absolute Gasteiger partial charge is 0.274 e. The molecule has 1 N–H and O–H groups in total. The average molecular weight is 291 g/mol. The van der Waals surface area contributed by atoms with E-state index in [1.807, 2.05) is 22.9 Å². The monoisotopic (exact) mass is 291 g/mol. The molecule has 6 heteroatoms. The van der Waals surface area contributed by atoms with Crippen LogP contribution in [0.15, 0.2) is 36.5 Å². The Bertz CT molecular complexity index is 625. The summed E-state index contributed by atoms with van der Waals surface area (Å²) in [4.78, 5) is 10.5. The van der Waals surface area contributed by atoms with E-state index >= 15 is 0 Å². The van der Waals surface area contributed by atoms with E-state index in [2.05, 4.69) is 12.2 Å². The summed E-state index contributed by atoms with van der Waals surface area (Å²) in [5.74, 6) is -0.464. The molecule has 0 amide bonds. The Morgan fingerprint density at radius 2 is 2.19 bits per heavy atom. The molecule has 112 valence electrons. The van der Waals surface area contributed by atoms with Crippen molar-refractivity contribution >= 4 is 5.69 Å². The van der Waals surface area contributed by atoms with Gasteiger partial charge in [-0.3, -0.25) is 10.1 Å². The number of hydrogen-bond donors (Lipinski definition) is 1. The van der Waals surface area contributed by atoms with E-state index in [0.29, 0.717) is 12.1 Å². The highest BCUT2D eigenvalue weighted by Gasteiger charge is 2.15. The summed E-state index contributed by atoms with van der Waals surface area (Å²) in [6.45, 7) is 3.96. The lowest BCUT2D eigenvalue weighted by atomic mass is 10.1. The first-order valence-corrected chi connectivity index (χ1v) is 6.89. The molecule has 0 saturated heterocycles. The zero-order valence-corrected chi connectivity index (χ0v) is 11.9. The van der Waals surface area contributed by atoms with Crippen molar-refractivity contribution in [1.29, 1.82) is 0 Å². The fourth-order valence-electron chi connectivity index (χ4n) is 2.20. The molecule has 0 spiro atoms. The van der Waals surface area contributed by atoms with E-state index in [0.717, 1.165) is 24.7 Å². The van der Waals surface area contributed by atoms with Crippen molar-refractivity contribution in [3.05, 3.63) is 63.7 Å². The Hall–Kier alpha value is -2.21. The van der Waals surface area contributed by atoms with Crippen LogP contribution in [0.1, 0.15) is 24.6 Å². The molecule has 2 aromatic rings. The maximum absolute atomic E-state index is 13.3. The number of halogens is 1. The van der Waals surface area contributed by atoms with Crippen LogP contribution in [-0.2, 0) is 13.1 Å². The number of nitrogens with zero attached hydrogens (tertiary/aromatic N) is 2. The van der Waals surface area contributed by atoms with Gasteiger partial charge in [0.2, 0.25) is 0 Å². The van der Waals surface area contributed by atoms with Crippen LogP contribution in [0.5, 0.6) is 0 Å². The van der Waals surface area contributed by atoms with E-state index < -0.39 is 10.7 Å². The van der Waals surface area contributed by atoms with Gasteiger partial charge in [-0.15, -0.1) is 0 Å². The quantitative estimate of drug-likeness (QED) is 0.484. The van der Waals surface area contributed by atoms with Gasteiger partial charge in [-0.1, -0.05) is 6.92 Å². The third-order valence-corrected chi connectivity index (χ3v) is 3.24. The fraction of sp³-hybridized carbons (Fsp3) is 0.333. The minimum absolute atomic E-state index is 0.0578. The first-order chi connectivity index (χ1) is 10.1. The van der Waals surface area contributed by atoms with Crippen LogP contribution in [0.25, 0.3) is 0 Å². The highest BCUT2D eigenvalue weighted by atomic mass is 19.1. The average Bonchev–Trinajstić information content (AvgIpc) is 2.86. The molecule has 2 rings (SSSR count). The van der Waals surface area contributed by atoms with Gasteiger partial charge >= 0.3 is 0 Å². The van der Waals surface area contributed by atoms with E-state index in [1.54, 1.807) is 0 Å². The van der Waals surface area contributed by atoms with Crippen molar-refractivity contribution in [2.24, 2.45) is 0 Å². The zero-order chi connectivity index (χ0) is 15.2. The van der Waals surface area contributed by atoms with Crippen LogP contribution in [-0.4, -0.2) is 16.0 Å². The SMILES string of the molecule is CCCNCc1cccn1Cc1cc(F)ccc1[N+](=O)[O-]. The second-order valence-corrected chi connectivity index (χ2v) is 4.83. The van der Waals surface area contributed by atoms with Crippen molar-refractivity contribution in [2.75, 3.05) is 6.54 Å². The molecule has 0 saturated carbocycles. The zero-order valence-electron chi connectivity index (χ0n) is 11.9.